The zero-order valence-electron chi connectivity index (χ0n) is 12.0. The van der Waals surface area contributed by atoms with Crippen LogP contribution in [0.5, 0.6) is 0 Å². The Hall–Kier alpha value is -1.72. The van der Waals surface area contributed by atoms with E-state index in [4.69, 9.17) is 5.73 Å². The Morgan fingerprint density at radius 2 is 2.33 bits per heavy atom. The molecule has 1 unspecified atom stereocenters. The van der Waals surface area contributed by atoms with Crippen LogP contribution in [-0.2, 0) is 0 Å². The lowest BCUT2D eigenvalue weighted by Crippen LogP contribution is -2.38. The molecule has 0 saturated heterocycles. The number of aryl methyl sites for hydroxylation is 1. The van der Waals surface area contributed by atoms with E-state index in [-0.39, 0.29) is 11.9 Å². The number of carbonyl (C=O) groups is 1. The number of hydrogen-bond donors (Lipinski definition) is 2. The highest BCUT2D eigenvalue weighted by atomic mass is 32.1. The van der Waals surface area contributed by atoms with Crippen LogP contribution in [0.15, 0.2) is 29.6 Å². The van der Waals surface area contributed by atoms with Crippen molar-refractivity contribution in [3.8, 4) is 11.3 Å². The third kappa shape index (κ3) is 3.49. The molecule has 3 N–H and O–H groups in total. The molecule has 1 saturated carbocycles. The summed E-state index contributed by atoms with van der Waals surface area (Å²) in [5, 5.41) is 5.95. The lowest BCUT2D eigenvalue weighted by atomic mass is 10.1. The van der Waals surface area contributed by atoms with Gasteiger partial charge in [-0.2, -0.15) is 0 Å². The molecule has 0 radical (unpaired) electrons. The number of amides is 1. The first-order chi connectivity index (χ1) is 10.1. The lowest BCUT2D eigenvalue weighted by Gasteiger charge is -2.11. The third-order valence-electron chi connectivity index (χ3n) is 3.77. The van der Waals surface area contributed by atoms with Gasteiger partial charge in [-0.05, 0) is 37.8 Å². The van der Waals surface area contributed by atoms with Crippen molar-refractivity contribution in [1.82, 2.24) is 10.3 Å². The second kappa shape index (κ2) is 5.95. The summed E-state index contributed by atoms with van der Waals surface area (Å²) < 4.78 is 0. The molecule has 110 valence electrons. The number of benzene rings is 1. The fraction of sp³-hybridized carbons (Fsp3) is 0.375. The molecule has 1 amide bonds. The minimum absolute atomic E-state index is 0.0695. The standard InChI is InChI=1S/C16H19N3OS/c1-10-19-15(9-21-10)12-3-2-4-13(7-12)16(20)18-8-14(17)11-5-6-11/h2-4,7,9,11,14H,5-6,8,17H2,1H3,(H,18,20). The van der Waals surface area contributed by atoms with Crippen LogP contribution >= 0.6 is 11.3 Å². The molecule has 1 heterocycles. The maximum Gasteiger partial charge on any atom is 0.251 e. The Labute approximate surface area is 128 Å². The second-order valence-electron chi connectivity index (χ2n) is 5.54. The highest BCUT2D eigenvalue weighted by Crippen LogP contribution is 2.31. The number of rotatable bonds is 5. The minimum atomic E-state index is -0.0695. The summed E-state index contributed by atoms with van der Waals surface area (Å²) in [6.07, 6.45) is 2.38. The zero-order chi connectivity index (χ0) is 14.8. The molecule has 21 heavy (non-hydrogen) atoms. The maximum absolute atomic E-state index is 12.2. The molecular weight excluding hydrogens is 282 g/mol. The Morgan fingerprint density at radius 3 is 3.00 bits per heavy atom. The molecule has 1 aromatic carbocycles. The lowest BCUT2D eigenvalue weighted by molar-refractivity contribution is 0.0950. The van der Waals surface area contributed by atoms with Gasteiger partial charge in [0.2, 0.25) is 0 Å². The summed E-state index contributed by atoms with van der Waals surface area (Å²) in [7, 11) is 0. The van der Waals surface area contributed by atoms with Crippen LogP contribution in [0.4, 0.5) is 0 Å². The highest BCUT2D eigenvalue weighted by Gasteiger charge is 2.28. The molecule has 3 rings (SSSR count). The van der Waals surface area contributed by atoms with E-state index >= 15 is 0 Å². The van der Waals surface area contributed by atoms with Crippen molar-refractivity contribution >= 4 is 17.2 Å². The van der Waals surface area contributed by atoms with Crippen molar-refractivity contribution in [2.24, 2.45) is 11.7 Å². The first kappa shape index (κ1) is 14.2. The molecule has 5 heteroatoms. The number of thiazole rings is 1. The number of nitrogens with two attached hydrogens (primary N) is 1. The van der Waals surface area contributed by atoms with E-state index in [0.29, 0.717) is 18.0 Å². The first-order valence-corrected chi connectivity index (χ1v) is 8.08. The van der Waals surface area contributed by atoms with E-state index in [1.165, 1.54) is 12.8 Å². The van der Waals surface area contributed by atoms with E-state index in [9.17, 15) is 4.79 Å². The third-order valence-corrected chi connectivity index (χ3v) is 4.54. The van der Waals surface area contributed by atoms with E-state index in [0.717, 1.165) is 16.3 Å². The summed E-state index contributed by atoms with van der Waals surface area (Å²) in [5.41, 5.74) is 8.55. The van der Waals surface area contributed by atoms with Crippen LogP contribution in [-0.4, -0.2) is 23.5 Å². The van der Waals surface area contributed by atoms with Crippen LogP contribution in [0.1, 0.15) is 28.2 Å². The largest absolute Gasteiger partial charge is 0.350 e. The molecule has 1 aliphatic carbocycles. The van der Waals surface area contributed by atoms with Gasteiger partial charge in [0.25, 0.3) is 5.91 Å². The van der Waals surface area contributed by atoms with Gasteiger partial charge in [-0.15, -0.1) is 11.3 Å². The molecule has 0 aliphatic heterocycles. The van der Waals surface area contributed by atoms with Crippen LogP contribution in [0.3, 0.4) is 0 Å². The highest BCUT2D eigenvalue weighted by molar-refractivity contribution is 7.09. The molecule has 2 aromatic rings. The van der Waals surface area contributed by atoms with Crippen LogP contribution in [0.2, 0.25) is 0 Å². The molecule has 1 aliphatic rings. The van der Waals surface area contributed by atoms with Gasteiger partial charge in [0, 0.05) is 29.1 Å². The molecule has 1 fully saturated rings. The molecular formula is C16H19N3OS. The fourth-order valence-electron chi connectivity index (χ4n) is 2.32. The average molecular weight is 301 g/mol. The molecule has 1 atom stereocenters. The van der Waals surface area contributed by atoms with E-state index < -0.39 is 0 Å². The predicted octanol–water partition coefficient (Wildman–Crippen LogP) is 2.59. The van der Waals surface area contributed by atoms with Gasteiger partial charge in [0.05, 0.1) is 10.7 Å². The first-order valence-electron chi connectivity index (χ1n) is 7.20. The van der Waals surface area contributed by atoms with Crippen molar-refractivity contribution in [2.45, 2.75) is 25.8 Å². The van der Waals surface area contributed by atoms with E-state index in [2.05, 4.69) is 10.3 Å². The molecule has 1 aromatic heterocycles. The summed E-state index contributed by atoms with van der Waals surface area (Å²) in [6.45, 7) is 2.52. The topological polar surface area (TPSA) is 68.0 Å². The van der Waals surface area contributed by atoms with Crippen LogP contribution in [0.25, 0.3) is 11.3 Å². The Kier molecular flexibility index (Phi) is 4.03. The summed E-state index contributed by atoms with van der Waals surface area (Å²) in [5.74, 6) is 0.523. The SMILES string of the molecule is Cc1nc(-c2cccc(C(=O)NCC(N)C3CC3)c2)cs1. The van der Waals surface area contributed by atoms with Gasteiger partial charge >= 0.3 is 0 Å². The average Bonchev–Trinajstić information content (AvgIpc) is 3.26. The second-order valence-corrected chi connectivity index (χ2v) is 6.61. The maximum atomic E-state index is 12.2. The number of nitrogens with zero attached hydrogens (tertiary/aromatic N) is 1. The van der Waals surface area contributed by atoms with Gasteiger partial charge in [-0.25, -0.2) is 4.98 Å². The summed E-state index contributed by atoms with van der Waals surface area (Å²) in [6, 6.07) is 7.65. The van der Waals surface area contributed by atoms with Crippen LogP contribution < -0.4 is 11.1 Å². The Bertz CT molecular complexity index is 648. The monoisotopic (exact) mass is 301 g/mol. The Morgan fingerprint density at radius 1 is 1.52 bits per heavy atom. The van der Waals surface area contributed by atoms with E-state index in [1.54, 1.807) is 11.3 Å². The van der Waals surface area contributed by atoms with Gasteiger partial charge in [0.1, 0.15) is 0 Å². The van der Waals surface area contributed by atoms with Crippen molar-refractivity contribution in [3.63, 3.8) is 0 Å². The minimum Gasteiger partial charge on any atom is -0.350 e. The molecule has 4 nitrogen and oxygen atoms in total. The van der Waals surface area contributed by atoms with Crippen LogP contribution in [0, 0.1) is 12.8 Å². The van der Waals surface area contributed by atoms with Crippen molar-refractivity contribution in [3.05, 3.63) is 40.2 Å². The molecule has 0 spiro atoms. The van der Waals surface area contributed by atoms with Crippen molar-refractivity contribution < 1.29 is 4.79 Å². The fourth-order valence-corrected chi connectivity index (χ4v) is 2.94. The number of nitrogens with one attached hydrogen (secondary N) is 1. The summed E-state index contributed by atoms with van der Waals surface area (Å²) >= 11 is 1.61. The van der Waals surface area contributed by atoms with Gasteiger partial charge in [-0.3, -0.25) is 4.79 Å². The summed E-state index contributed by atoms with van der Waals surface area (Å²) in [4.78, 5) is 16.7. The van der Waals surface area contributed by atoms with Gasteiger partial charge < -0.3 is 11.1 Å². The predicted molar refractivity (Wildman–Crippen MR) is 85.3 cm³/mol. The molecule has 0 bridgehead atoms. The quantitative estimate of drug-likeness (QED) is 0.892. The van der Waals surface area contributed by atoms with E-state index in [1.807, 2.05) is 36.6 Å². The van der Waals surface area contributed by atoms with Crippen molar-refractivity contribution in [2.75, 3.05) is 6.54 Å². The zero-order valence-corrected chi connectivity index (χ0v) is 12.8. The smallest absolute Gasteiger partial charge is 0.251 e. The Balaban J connectivity index is 1.68. The number of hydrogen-bond acceptors (Lipinski definition) is 4. The number of aromatic nitrogens is 1. The normalized spacial score (nSPS) is 15.7. The van der Waals surface area contributed by atoms with Gasteiger partial charge in [-0.1, -0.05) is 12.1 Å². The van der Waals surface area contributed by atoms with Crippen molar-refractivity contribution in [1.29, 1.82) is 0 Å². The van der Waals surface area contributed by atoms with Gasteiger partial charge in [0.15, 0.2) is 0 Å². The number of carbonyl (C=O) groups excluding carboxylic acids is 1.